The van der Waals surface area contributed by atoms with Gasteiger partial charge in [-0.15, -0.1) is 0 Å². The summed E-state index contributed by atoms with van der Waals surface area (Å²) < 4.78 is 0. The summed E-state index contributed by atoms with van der Waals surface area (Å²) in [6.45, 7) is -0.0428. The average molecular weight is 132 g/mol. The molecule has 5 heteroatoms. The predicted molar refractivity (Wildman–Crippen MR) is 29.2 cm³/mol. The summed E-state index contributed by atoms with van der Waals surface area (Å²) in [5.74, 6) is -0.266. The third-order valence-corrected chi connectivity index (χ3v) is 1.09. The number of amides is 1. The summed E-state index contributed by atoms with van der Waals surface area (Å²) in [6, 6.07) is 0. The molecule has 8 heavy (non-hydrogen) atoms. The fourth-order valence-electron chi connectivity index (χ4n) is 0.431. The first-order valence-electron chi connectivity index (χ1n) is 2.00. The zero-order chi connectivity index (χ0) is 6.15. The van der Waals surface area contributed by atoms with Gasteiger partial charge in [-0.2, -0.15) is 0 Å². The van der Waals surface area contributed by atoms with Gasteiger partial charge in [0, 0.05) is 0 Å². The Hall–Kier alpha value is -0.680. The van der Waals surface area contributed by atoms with E-state index in [4.69, 9.17) is 5.21 Å². The minimum atomic E-state index is -0.266. The Morgan fingerprint density at radius 2 is 2.50 bits per heavy atom. The normalized spacial score (nSPS) is 19.4. The molecule has 1 aliphatic heterocycles. The van der Waals surface area contributed by atoms with Crippen molar-refractivity contribution in [3.05, 3.63) is 0 Å². The molecule has 0 atom stereocenters. The zero-order valence-corrected chi connectivity index (χ0v) is 4.73. The molecule has 44 valence electrons. The second-order valence-corrected chi connectivity index (χ2v) is 1.80. The second-order valence-electron chi connectivity index (χ2n) is 1.41. The first-order chi connectivity index (χ1) is 3.70. The Balaban J connectivity index is 2.64. The Labute approximate surface area is 51.0 Å². The molecule has 1 amide bonds. The van der Waals surface area contributed by atoms with E-state index in [0.29, 0.717) is 5.06 Å². The van der Waals surface area contributed by atoms with Crippen LogP contribution in [0, 0.1) is 0 Å². The van der Waals surface area contributed by atoms with Crippen molar-refractivity contribution in [2.45, 2.75) is 0 Å². The molecule has 0 radical (unpaired) electrons. The van der Waals surface area contributed by atoms with Crippen molar-refractivity contribution < 1.29 is 10.0 Å². The summed E-state index contributed by atoms with van der Waals surface area (Å²) in [4.78, 5) is 10.3. The van der Waals surface area contributed by atoms with Gasteiger partial charge in [0.15, 0.2) is 5.11 Å². The molecule has 0 bridgehead atoms. The van der Waals surface area contributed by atoms with Gasteiger partial charge in [-0.1, -0.05) is 0 Å². The number of nitrogens with zero attached hydrogens (tertiary/aromatic N) is 1. The smallest absolute Gasteiger partial charge is 0.248 e. The van der Waals surface area contributed by atoms with E-state index < -0.39 is 0 Å². The van der Waals surface area contributed by atoms with Crippen LogP contribution in [0.3, 0.4) is 0 Å². The number of rotatable bonds is 0. The van der Waals surface area contributed by atoms with Crippen LogP contribution in [-0.2, 0) is 4.79 Å². The molecule has 1 heterocycles. The highest BCUT2D eigenvalue weighted by Gasteiger charge is 2.20. The van der Waals surface area contributed by atoms with E-state index in [9.17, 15) is 4.79 Å². The van der Waals surface area contributed by atoms with E-state index in [-0.39, 0.29) is 17.6 Å². The third kappa shape index (κ3) is 0.775. The molecular weight excluding hydrogens is 128 g/mol. The number of hydrogen-bond donors (Lipinski definition) is 2. The van der Waals surface area contributed by atoms with Gasteiger partial charge >= 0.3 is 0 Å². The molecule has 1 rings (SSSR count). The van der Waals surface area contributed by atoms with Crippen LogP contribution in [0.5, 0.6) is 0 Å². The Morgan fingerprint density at radius 3 is 2.62 bits per heavy atom. The van der Waals surface area contributed by atoms with Crippen LogP contribution in [0.1, 0.15) is 0 Å². The van der Waals surface area contributed by atoms with Gasteiger partial charge in [0.25, 0.3) is 0 Å². The Kier molecular flexibility index (Phi) is 1.15. The molecule has 0 aromatic rings. The Bertz CT molecular complexity index is 146. The fourth-order valence-corrected chi connectivity index (χ4v) is 0.610. The zero-order valence-electron chi connectivity index (χ0n) is 3.92. The molecule has 2 N–H and O–H groups in total. The molecule has 0 aromatic heterocycles. The molecule has 0 spiro atoms. The van der Waals surface area contributed by atoms with Gasteiger partial charge in [0.1, 0.15) is 6.54 Å². The maximum absolute atomic E-state index is 10.3. The molecule has 1 fully saturated rings. The van der Waals surface area contributed by atoms with Gasteiger partial charge in [0.05, 0.1) is 0 Å². The molecule has 0 unspecified atom stereocenters. The number of thiocarbonyl (C=S) groups is 1. The van der Waals surface area contributed by atoms with Crippen molar-refractivity contribution in [2.75, 3.05) is 6.54 Å². The molecule has 4 nitrogen and oxygen atoms in total. The van der Waals surface area contributed by atoms with Crippen molar-refractivity contribution in [1.82, 2.24) is 10.4 Å². The van der Waals surface area contributed by atoms with Crippen LogP contribution in [-0.4, -0.2) is 27.8 Å². The number of hydroxylamine groups is 2. The lowest BCUT2D eigenvalue weighted by atomic mass is 10.7. The van der Waals surface area contributed by atoms with Gasteiger partial charge in [-0.25, -0.2) is 5.06 Å². The second kappa shape index (κ2) is 1.68. The lowest BCUT2D eigenvalue weighted by molar-refractivity contribution is -0.121. The molecule has 1 aliphatic rings. The lowest BCUT2D eigenvalue weighted by Gasteiger charge is -2.01. The van der Waals surface area contributed by atoms with E-state index in [1.54, 1.807) is 0 Å². The van der Waals surface area contributed by atoms with Crippen molar-refractivity contribution in [1.29, 1.82) is 0 Å². The van der Waals surface area contributed by atoms with Crippen molar-refractivity contribution in [2.24, 2.45) is 0 Å². The quantitative estimate of drug-likeness (QED) is 0.419. The highest BCUT2D eigenvalue weighted by Crippen LogP contribution is 1.91. The highest BCUT2D eigenvalue weighted by molar-refractivity contribution is 7.80. The average Bonchev–Trinajstić information content (AvgIpc) is 1.85. The van der Waals surface area contributed by atoms with Crippen LogP contribution in [0.2, 0.25) is 0 Å². The van der Waals surface area contributed by atoms with E-state index in [1.807, 2.05) is 0 Å². The van der Waals surface area contributed by atoms with E-state index in [2.05, 4.69) is 17.5 Å². The SMILES string of the molecule is O=C1CN(O)C(=S)N1. The van der Waals surface area contributed by atoms with Gasteiger partial charge in [-0.3, -0.25) is 15.3 Å². The number of nitrogens with one attached hydrogen (secondary N) is 1. The molecule has 0 aromatic carbocycles. The van der Waals surface area contributed by atoms with Crippen LogP contribution in [0.4, 0.5) is 0 Å². The standard InChI is InChI=1S/C3H4N2O2S/c6-2-1-5(7)3(8)4-2/h7H,1H2,(H,4,6,8). The van der Waals surface area contributed by atoms with E-state index in [0.717, 1.165) is 0 Å². The maximum atomic E-state index is 10.3. The van der Waals surface area contributed by atoms with Crippen LogP contribution >= 0.6 is 12.2 Å². The summed E-state index contributed by atoms with van der Waals surface area (Å²) in [5.41, 5.74) is 0. The number of carbonyl (C=O) groups excluding carboxylic acids is 1. The Morgan fingerprint density at radius 1 is 1.88 bits per heavy atom. The van der Waals surface area contributed by atoms with E-state index in [1.165, 1.54) is 0 Å². The van der Waals surface area contributed by atoms with E-state index >= 15 is 0 Å². The fraction of sp³-hybridized carbons (Fsp3) is 0.333. The number of hydrogen-bond acceptors (Lipinski definition) is 3. The summed E-state index contributed by atoms with van der Waals surface area (Å²) in [6.07, 6.45) is 0. The van der Waals surface area contributed by atoms with Crippen LogP contribution in [0.15, 0.2) is 0 Å². The monoisotopic (exact) mass is 132 g/mol. The van der Waals surface area contributed by atoms with Crippen LogP contribution in [0.25, 0.3) is 0 Å². The predicted octanol–water partition coefficient (Wildman–Crippen LogP) is -0.908. The summed E-state index contributed by atoms with van der Waals surface area (Å²) in [7, 11) is 0. The van der Waals surface area contributed by atoms with Crippen molar-refractivity contribution in [3.8, 4) is 0 Å². The lowest BCUT2D eigenvalue weighted by Crippen LogP contribution is -2.24. The van der Waals surface area contributed by atoms with Crippen molar-refractivity contribution in [3.63, 3.8) is 0 Å². The maximum Gasteiger partial charge on any atom is 0.248 e. The summed E-state index contributed by atoms with van der Waals surface area (Å²) >= 11 is 4.46. The highest BCUT2D eigenvalue weighted by atomic mass is 32.1. The number of carbonyl (C=O) groups is 1. The minimum Gasteiger partial charge on any atom is -0.300 e. The van der Waals surface area contributed by atoms with Crippen molar-refractivity contribution >= 4 is 23.2 Å². The molecule has 0 aliphatic carbocycles. The molecule has 0 saturated carbocycles. The topological polar surface area (TPSA) is 52.6 Å². The summed E-state index contributed by atoms with van der Waals surface area (Å²) in [5, 5.41) is 11.6. The first kappa shape index (κ1) is 5.46. The molecule has 1 saturated heterocycles. The van der Waals surface area contributed by atoms with Crippen LogP contribution < -0.4 is 5.32 Å². The van der Waals surface area contributed by atoms with Gasteiger partial charge in [0.2, 0.25) is 5.91 Å². The van der Waals surface area contributed by atoms with Gasteiger partial charge in [-0.05, 0) is 12.2 Å². The minimum absolute atomic E-state index is 0.0428. The van der Waals surface area contributed by atoms with Gasteiger partial charge < -0.3 is 0 Å². The first-order valence-corrected chi connectivity index (χ1v) is 2.41. The molecular formula is C3H4N2O2S. The largest absolute Gasteiger partial charge is 0.300 e. The third-order valence-electron chi connectivity index (χ3n) is 0.774.